The van der Waals surface area contributed by atoms with Crippen LogP contribution in [0, 0.1) is 0 Å². The first-order valence-electron chi connectivity index (χ1n) is 4.33. The largest absolute Gasteiger partial charge is 0.396 e. The Labute approximate surface area is 77.3 Å². The van der Waals surface area contributed by atoms with Crippen molar-refractivity contribution in [2.24, 2.45) is 0 Å². The maximum absolute atomic E-state index is 8.89. The number of thiazole rings is 1. The van der Waals surface area contributed by atoms with Crippen molar-refractivity contribution in [1.29, 1.82) is 0 Å². The molecule has 1 atom stereocenters. The fraction of sp³-hybridized carbons (Fsp3) is 0.667. The van der Waals surface area contributed by atoms with Gasteiger partial charge >= 0.3 is 0 Å². The topological polar surface area (TPSA) is 33.1 Å². The van der Waals surface area contributed by atoms with Gasteiger partial charge in [0.15, 0.2) is 0 Å². The number of hydrogen-bond acceptors (Lipinski definition) is 3. The van der Waals surface area contributed by atoms with Gasteiger partial charge in [0.2, 0.25) is 0 Å². The molecule has 12 heavy (non-hydrogen) atoms. The maximum atomic E-state index is 8.89. The van der Waals surface area contributed by atoms with Gasteiger partial charge in [0.05, 0.1) is 17.3 Å². The Morgan fingerprint density at radius 3 is 3.00 bits per heavy atom. The molecule has 0 aromatic carbocycles. The van der Waals surface area contributed by atoms with Gasteiger partial charge in [-0.15, -0.1) is 11.3 Å². The number of aryl methyl sites for hydroxylation is 1. The summed E-state index contributed by atoms with van der Waals surface area (Å²) in [7, 11) is 0. The number of aliphatic hydroxyl groups is 1. The molecule has 1 rings (SSSR count). The highest BCUT2D eigenvalue weighted by Gasteiger charge is 2.07. The van der Waals surface area contributed by atoms with E-state index in [1.54, 1.807) is 11.3 Å². The number of rotatable bonds is 4. The second-order valence-corrected chi connectivity index (χ2v) is 3.94. The van der Waals surface area contributed by atoms with Crippen LogP contribution in [-0.2, 0) is 6.42 Å². The third kappa shape index (κ3) is 2.29. The molecule has 2 nitrogen and oxygen atoms in total. The molecule has 0 saturated carbocycles. The molecule has 0 saturated heterocycles. The summed E-state index contributed by atoms with van der Waals surface area (Å²) in [5.74, 6) is 0.187. The zero-order valence-corrected chi connectivity index (χ0v) is 8.40. The van der Waals surface area contributed by atoms with Crippen molar-refractivity contribution in [1.82, 2.24) is 4.98 Å². The Balaban J connectivity index is 2.63. The maximum Gasteiger partial charge on any atom is 0.0928 e. The first-order valence-corrected chi connectivity index (χ1v) is 5.21. The van der Waals surface area contributed by atoms with Crippen molar-refractivity contribution in [2.75, 3.05) is 6.61 Å². The molecule has 0 aliphatic carbocycles. The molecular weight excluding hydrogens is 170 g/mol. The van der Waals surface area contributed by atoms with Gasteiger partial charge in [-0.05, 0) is 12.8 Å². The third-order valence-electron chi connectivity index (χ3n) is 1.81. The van der Waals surface area contributed by atoms with Crippen LogP contribution in [0.25, 0.3) is 0 Å². The van der Waals surface area contributed by atoms with Crippen LogP contribution in [0.1, 0.15) is 36.9 Å². The van der Waals surface area contributed by atoms with E-state index in [0.717, 1.165) is 18.5 Å². The Hall–Kier alpha value is -0.410. The van der Waals surface area contributed by atoms with Gasteiger partial charge in [0.1, 0.15) is 0 Å². The molecule has 3 heteroatoms. The average molecular weight is 185 g/mol. The van der Waals surface area contributed by atoms with Crippen LogP contribution >= 0.6 is 11.3 Å². The summed E-state index contributed by atoms with van der Waals surface area (Å²) in [4.78, 5) is 4.43. The molecule has 1 aromatic rings. The average Bonchev–Trinajstić information content (AvgIpc) is 2.52. The van der Waals surface area contributed by atoms with Crippen molar-refractivity contribution >= 4 is 11.3 Å². The minimum absolute atomic E-state index is 0.187. The highest BCUT2D eigenvalue weighted by molar-refractivity contribution is 7.09. The van der Waals surface area contributed by atoms with Crippen LogP contribution < -0.4 is 0 Å². The summed E-state index contributed by atoms with van der Waals surface area (Å²) in [5.41, 5.74) is 1.03. The monoisotopic (exact) mass is 185 g/mol. The molecule has 1 heterocycles. The zero-order valence-electron chi connectivity index (χ0n) is 7.58. The highest BCUT2D eigenvalue weighted by Crippen LogP contribution is 2.18. The first kappa shape index (κ1) is 9.68. The summed E-state index contributed by atoms with van der Waals surface area (Å²) in [6.45, 7) is 4.33. The molecule has 1 N–H and O–H groups in total. The van der Waals surface area contributed by atoms with E-state index in [1.165, 1.54) is 5.01 Å². The first-order chi connectivity index (χ1) is 5.77. The highest BCUT2D eigenvalue weighted by atomic mass is 32.1. The molecule has 1 unspecified atom stereocenters. The van der Waals surface area contributed by atoms with Crippen LogP contribution in [0.5, 0.6) is 0 Å². The van der Waals surface area contributed by atoms with E-state index in [9.17, 15) is 0 Å². The van der Waals surface area contributed by atoms with Gasteiger partial charge in [-0.1, -0.05) is 13.8 Å². The molecule has 0 aliphatic heterocycles. The van der Waals surface area contributed by atoms with Gasteiger partial charge in [-0.25, -0.2) is 4.98 Å². The van der Waals surface area contributed by atoms with Crippen molar-refractivity contribution in [2.45, 2.75) is 32.6 Å². The van der Waals surface area contributed by atoms with Gasteiger partial charge in [0, 0.05) is 11.3 Å². The number of aromatic nitrogens is 1. The Bertz CT molecular complexity index is 234. The standard InChI is InChI=1S/C9H15NOS/c1-3-4-9-10-8(6-12-9)7(2)5-11/h6-7,11H,3-5H2,1-2H3. The van der Waals surface area contributed by atoms with Crippen LogP contribution in [0.3, 0.4) is 0 Å². The summed E-state index contributed by atoms with van der Waals surface area (Å²) in [5, 5.41) is 12.1. The predicted octanol–water partition coefficient (Wildman–Crippen LogP) is 2.19. The lowest BCUT2D eigenvalue weighted by molar-refractivity contribution is 0.271. The summed E-state index contributed by atoms with van der Waals surface area (Å²) in [6.07, 6.45) is 2.20. The fourth-order valence-electron chi connectivity index (χ4n) is 0.974. The number of aliphatic hydroxyl groups excluding tert-OH is 1. The van der Waals surface area contributed by atoms with E-state index < -0.39 is 0 Å². The van der Waals surface area contributed by atoms with Gasteiger partial charge in [-0.3, -0.25) is 0 Å². The quantitative estimate of drug-likeness (QED) is 0.780. The Kier molecular flexibility index (Phi) is 3.69. The van der Waals surface area contributed by atoms with E-state index >= 15 is 0 Å². The Morgan fingerprint density at radius 1 is 1.67 bits per heavy atom. The lowest BCUT2D eigenvalue weighted by Crippen LogP contribution is -1.99. The molecule has 0 aliphatic rings. The van der Waals surface area contributed by atoms with Crippen LogP contribution in [0.2, 0.25) is 0 Å². The van der Waals surface area contributed by atoms with Gasteiger partial charge < -0.3 is 5.11 Å². The lowest BCUT2D eigenvalue weighted by atomic mass is 10.1. The SMILES string of the molecule is CCCc1nc(C(C)CO)cs1. The number of hydrogen-bond donors (Lipinski definition) is 1. The van der Waals surface area contributed by atoms with Gasteiger partial charge in [-0.2, -0.15) is 0 Å². The van der Waals surface area contributed by atoms with Crippen molar-refractivity contribution in [3.63, 3.8) is 0 Å². The fourth-order valence-corrected chi connectivity index (χ4v) is 2.00. The normalized spacial score (nSPS) is 13.2. The van der Waals surface area contributed by atoms with E-state index in [-0.39, 0.29) is 12.5 Å². The van der Waals surface area contributed by atoms with Crippen molar-refractivity contribution in [3.05, 3.63) is 16.1 Å². The summed E-state index contributed by atoms with van der Waals surface area (Å²) >= 11 is 1.70. The molecule has 68 valence electrons. The molecule has 0 fully saturated rings. The molecule has 1 aromatic heterocycles. The molecular formula is C9H15NOS. The lowest BCUT2D eigenvalue weighted by Gasteiger charge is -2.01. The van der Waals surface area contributed by atoms with Crippen LogP contribution in [0.15, 0.2) is 5.38 Å². The van der Waals surface area contributed by atoms with E-state index in [2.05, 4.69) is 11.9 Å². The molecule has 0 bridgehead atoms. The van der Waals surface area contributed by atoms with Crippen molar-refractivity contribution < 1.29 is 5.11 Å². The van der Waals surface area contributed by atoms with Crippen molar-refractivity contribution in [3.8, 4) is 0 Å². The van der Waals surface area contributed by atoms with Gasteiger partial charge in [0.25, 0.3) is 0 Å². The van der Waals surface area contributed by atoms with Crippen LogP contribution in [0.4, 0.5) is 0 Å². The molecule has 0 radical (unpaired) electrons. The second kappa shape index (κ2) is 4.58. The molecule has 0 amide bonds. The Morgan fingerprint density at radius 2 is 2.42 bits per heavy atom. The predicted molar refractivity (Wildman–Crippen MR) is 51.6 cm³/mol. The second-order valence-electron chi connectivity index (χ2n) is 3.00. The van der Waals surface area contributed by atoms with E-state index in [0.29, 0.717) is 0 Å². The van der Waals surface area contributed by atoms with E-state index in [1.807, 2.05) is 12.3 Å². The molecule has 0 spiro atoms. The smallest absolute Gasteiger partial charge is 0.0928 e. The zero-order chi connectivity index (χ0) is 8.97. The van der Waals surface area contributed by atoms with E-state index in [4.69, 9.17) is 5.11 Å². The third-order valence-corrected chi connectivity index (χ3v) is 2.74. The summed E-state index contributed by atoms with van der Waals surface area (Å²) < 4.78 is 0. The minimum Gasteiger partial charge on any atom is -0.396 e. The van der Waals surface area contributed by atoms with Crippen LogP contribution in [-0.4, -0.2) is 16.7 Å². The summed E-state index contributed by atoms with van der Waals surface area (Å²) in [6, 6.07) is 0. The number of nitrogens with zero attached hydrogens (tertiary/aromatic N) is 1. The minimum atomic E-state index is 0.187.